The van der Waals surface area contributed by atoms with Crippen LogP contribution in [0.25, 0.3) is 0 Å². The second kappa shape index (κ2) is 49.5. The Hall–Kier alpha value is -14.1. The molecule has 47 heteroatoms. The van der Waals surface area contributed by atoms with Crippen molar-refractivity contribution in [2.75, 3.05) is 64.6 Å². The van der Waals surface area contributed by atoms with Crippen LogP contribution in [0.1, 0.15) is 151 Å². The number of carbonyl (C=O) groups is 12. The zero-order valence-electron chi connectivity index (χ0n) is 81.8. The number of nitrogens with one attached hydrogen (secondary N) is 6. The number of pyridine rings is 4. The molecular weight excluding hydrogens is 2020 g/mol. The summed E-state index contributed by atoms with van der Waals surface area (Å²) in [7, 11) is 4.44. The predicted molar refractivity (Wildman–Crippen MR) is 532 cm³/mol. The number of alkyl halides is 12. The topological polar surface area (TPSA) is 461 Å². The summed E-state index contributed by atoms with van der Waals surface area (Å²) in [6.07, 6.45) is -1.59. The molecule has 0 spiro atoms. The third kappa shape index (κ3) is 28.1. The number of hydrogen-bond donors (Lipinski definition) is 10. The molecule has 14 N–H and O–H groups in total. The third-order valence-corrected chi connectivity index (χ3v) is 28.9. The number of likely N-dealkylation sites (N-methyl/N-ethyl adjacent to an activating group) is 2. The Morgan fingerprint density at radius 2 is 0.620 bits per heavy atom. The smallest absolute Gasteiger partial charge is 0.408 e. The van der Waals surface area contributed by atoms with Crippen LogP contribution < -0.4 is 69.4 Å². The lowest BCUT2D eigenvalue weighted by Gasteiger charge is -2.46. The van der Waals surface area contributed by atoms with Crippen molar-refractivity contribution in [3.8, 4) is 5.75 Å². The number of carbonyl (C=O) groups excluding carboxylic acids is 12. The van der Waals surface area contributed by atoms with E-state index in [0.717, 1.165) is 25.7 Å². The molecule has 4 aliphatic carbocycles. The van der Waals surface area contributed by atoms with Crippen LogP contribution >= 0.6 is 23.2 Å². The average molecular weight is 2140 g/mol. The number of anilines is 8. The zero-order valence-corrected chi connectivity index (χ0v) is 83.3. The van der Waals surface area contributed by atoms with E-state index in [9.17, 15) is 110 Å². The summed E-state index contributed by atoms with van der Waals surface area (Å²) in [5.41, 5.74) is 27.0. The largest absolute Gasteiger partial charge is 0.497 e. The minimum Gasteiger partial charge on any atom is -0.497 e. The van der Waals surface area contributed by atoms with Gasteiger partial charge >= 0.3 is 48.8 Å². The average Bonchev–Trinajstić information content (AvgIpc) is 0.734. The summed E-state index contributed by atoms with van der Waals surface area (Å²) in [6.45, 7) is 0. The van der Waals surface area contributed by atoms with Gasteiger partial charge in [0, 0.05) is 71.7 Å². The molecule has 8 aliphatic rings. The molecule has 804 valence electrons. The van der Waals surface area contributed by atoms with E-state index in [1.807, 2.05) is 16.0 Å². The van der Waals surface area contributed by atoms with Crippen molar-refractivity contribution in [3.05, 3.63) is 209 Å². The van der Waals surface area contributed by atoms with Gasteiger partial charge in [-0.3, -0.25) is 58.0 Å². The molecule has 33 nitrogen and oxygen atoms in total. The number of benzene rings is 4. The molecule has 16 amide bonds. The van der Waals surface area contributed by atoms with Gasteiger partial charge in [-0.05, 0) is 250 Å². The number of β-lactam (4-membered cyclic amide) rings is 4. The van der Waals surface area contributed by atoms with Gasteiger partial charge < -0.3 is 69.4 Å². The van der Waals surface area contributed by atoms with E-state index < -0.39 is 192 Å². The SMILES string of the molecule is CN(C(=O)[C@@H]1[C@@H](Cc2ccnc(N)c2)C(=O)N1C(=O)N[C@@H](C1CCCCC1)C(F)(F)F)c1cccc(Cl)c1.CN(C(=O)[C@@H]1[C@@H](Cc2ccnc(N)c2)C(=O)N1C(=O)N[C@@H](C1CCCCC1)C(F)(F)F)c1ccccc1.COc1ccc(NC(=O)[C@@H]2[C@@H](Cc3ccnc(N)c3)C(=O)N2C(=O)N[C@@H](C2CCCCC2)C(F)(F)F)cc1.Nc1cc(C[C@H]2C(=O)N(C(=O)N[C@@H](C3CCCCC3)C(F)(F)F)[C@@H]2C(=O)Nc2ccc(Cl)cc2)ccn1. The first kappa shape index (κ1) is 113. The minimum absolute atomic E-state index is 0.0549. The number of ether oxygens (including phenoxy) is 1. The molecule has 0 unspecified atom stereocenters. The molecule has 150 heavy (non-hydrogen) atoms. The number of methoxy groups -OCH3 is 1. The Morgan fingerprint density at radius 3 is 0.893 bits per heavy atom. The maximum atomic E-state index is 14.0. The molecule has 0 radical (unpaired) electrons. The van der Waals surface area contributed by atoms with Crippen molar-refractivity contribution >= 4 is 141 Å². The number of aromatic nitrogens is 4. The number of hydrogen-bond acceptors (Lipinski definition) is 21. The Morgan fingerprint density at radius 1 is 0.353 bits per heavy atom. The van der Waals surface area contributed by atoms with Gasteiger partial charge in [-0.1, -0.05) is 125 Å². The number of urea groups is 4. The summed E-state index contributed by atoms with van der Waals surface area (Å²) < 4.78 is 172. The summed E-state index contributed by atoms with van der Waals surface area (Å²) in [4.78, 5) is 179. The van der Waals surface area contributed by atoms with Crippen LogP contribution in [0.2, 0.25) is 10.0 Å². The van der Waals surface area contributed by atoms with E-state index in [4.69, 9.17) is 50.9 Å². The molecule has 8 fully saturated rings. The molecule has 4 aromatic carbocycles. The van der Waals surface area contributed by atoms with Crippen molar-refractivity contribution in [2.45, 2.75) is 227 Å². The first-order valence-electron chi connectivity index (χ1n) is 49.2. The van der Waals surface area contributed by atoms with Gasteiger partial charge in [-0.25, -0.2) is 39.1 Å². The van der Waals surface area contributed by atoms with Gasteiger partial charge in [0.15, 0.2) is 0 Å². The van der Waals surface area contributed by atoms with E-state index in [0.29, 0.717) is 183 Å². The first-order chi connectivity index (χ1) is 71.2. The summed E-state index contributed by atoms with van der Waals surface area (Å²) in [5, 5.41) is 14.2. The lowest BCUT2D eigenvalue weighted by molar-refractivity contribution is -0.171. The molecule has 12 atom stereocenters. The number of halogens is 14. The van der Waals surface area contributed by atoms with E-state index in [-0.39, 0.29) is 49.0 Å². The van der Waals surface area contributed by atoms with Gasteiger partial charge in [-0.15, -0.1) is 0 Å². The number of amides is 16. The standard InChI is InChI=1S/C26H29ClF3N5O3.C26H30F3N5O4.C26H30F3N5O3.C25H27ClF3N5O3/c1-34(18-9-5-8-17(27)14-18)24(37)21-19(12-15-10-11-32-20(31)13-15)23(36)35(21)25(38)33-22(26(28,29)30)16-6-3-2-4-7-16;1-38-18-9-7-17(8-10-18)32-23(35)21-19(13-15-11-12-31-20(30)14-15)24(36)34(21)25(37)33-22(26(27,28)29)16-5-3-2-4-6-16;1-33(18-10-6-3-7-11-18)24(36)21-19(14-16-12-13-31-20(30)15-16)23(35)34(21)25(37)32-22(26(27,28)29)17-8-4-2-5-9-17;26-16-6-8-17(9-7-16)32-22(35)20-18(12-14-10-11-31-19(30)13-14)23(36)34(20)24(37)33-21(25(27,28)29)15-4-2-1-3-5-15/h5,8-11,13-14,16,19,21-22H,2-4,6-7,12H2,1H3,(H2,31,32)(H,33,38);7-12,14,16,19,21-22H,2-6,13H2,1H3,(H2,30,31)(H,32,35)(H,33,37);3,6-7,10-13,15,17,19,21-22H,2,4-5,8-9,14H2,1H3,(H2,30,31)(H,32,37);6-11,13,15,18,20-21H,1-5,12H2,(H2,30,31)(H,32,35)(H,33,37)/t3*19-,21+,22+;18-,20+,21+/m1111/s1. The van der Waals surface area contributed by atoms with Crippen molar-refractivity contribution in [1.82, 2.24) is 60.8 Å². The van der Waals surface area contributed by atoms with Crippen LogP contribution in [-0.2, 0) is 64.0 Å². The molecule has 8 heterocycles. The van der Waals surface area contributed by atoms with Crippen molar-refractivity contribution < 1.29 is 115 Å². The molecule has 8 aromatic rings. The van der Waals surface area contributed by atoms with Gasteiger partial charge in [0.2, 0.25) is 35.4 Å². The van der Waals surface area contributed by atoms with Gasteiger partial charge in [-0.2, -0.15) is 52.7 Å². The first-order valence-corrected chi connectivity index (χ1v) is 49.9. The fourth-order valence-corrected chi connectivity index (χ4v) is 21.0. The highest BCUT2D eigenvalue weighted by Gasteiger charge is 2.62. The number of imide groups is 4. The van der Waals surface area contributed by atoms with Crippen LogP contribution in [0, 0.1) is 47.3 Å². The van der Waals surface area contributed by atoms with Gasteiger partial charge in [0.1, 0.15) is 77.4 Å². The molecule has 16 rings (SSSR count). The Bertz CT molecular complexity index is 6120. The minimum atomic E-state index is -4.70. The highest BCUT2D eigenvalue weighted by atomic mass is 35.5. The number of rotatable bonds is 25. The Labute approximate surface area is 865 Å². The van der Waals surface area contributed by atoms with E-state index in [2.05, 4.69) is 35.9 Å². The van der Waals surface area contributed by atoms with Gasteiger partial charge in [0.05, 0.1) is 30.8 Å². The van der Waals surface area contributed by atoms with Crippen LogP contribution in [0.5, 0.6) is 5.75 Å². The Balaban J connectivity index is 0.000000167. The van der Waals surface area contributed by atoms with E-state index in [1.165, 1.54) is 86.1 Å². The maximum absolute atomic E-state index is 14.0. The number of nitrogens with two attached hydrogens (primary N) is 4. The van der Waals surface area contributed by atoms with E-state index >= 15 is 0 Å². The molecule has 0 bridgehead atoms. The van der Waals surface area contributed by atoms with Crippen molar-refractivity contribution in [2.24, 2.45) is 47.3 Å². The molecule has 4 saturated carbocycles. The highest BCUT2D eigenvalue weighted by Crippen LogP contribution is 2.45. The number of likely N-dealkylation sites (tertiary alicyclic amines) is 4. The quantitative estimate of drug-likeness (QED) is 0.0188. The fourth-order valence-electron chi connectivity index (χ4n) is 20.7. The summed E-state index contributed by atoms with van der Waals surface area (Å²) >= 11 is 11.9. The molecular formula is C103H116Cl2F12N20O13. The van der Waals surface area contributed by atoms with Crippen LogP contribution in [0.3, 0.4) is 0 Å². The summed E-state index contributed by atoms with van der Waals surface area (Å²) in [6, 6.07) is 21.7. The Kier molecular flexibility index (Phi) is 37.3. The second-order valence-corrected chi connectivity index (χ2v) is 39.4. The number of para-hydroxylation sites is 1. The second-order valence-electron chi connectivity index (χ2n) is 38.5. The molecule has 4 aliphatic heterocycles. The zero-order chi connectivity index (χ0) is 109. The number of nitrogen functional groups attached to an aromatic ring is 4. The lowest BCUT2D eigenvalue weighted by Crippen LogP contribution is -2.71. The molecule has 4 aromatic heterocycles. The third-order valence-electron chi connectivity index (χ3n) is 28.5. The lowest BCUT2D eigenvalue weighted by atomic mass is 9.81. The van der Waals surface area contributed by atoms with Gasteiger partial charge in [0.25, 0.3) is 11.8 Å². The van der Waals surface area contributed by atoms with Crippen LogP contribution in [-0.4, -0.2) is 205 Å². The highest BCUT2D eigenvalue weighted by molar-refractivity contribution is 6.31. The number of nitrogens with zero attached hydrogens (tertiary/aromatic N) is 10. The predicted octanol–water partition coefficient (Wildman–Crippen LogP) is 16.9. The fraction of sp³-hybridized carbons (Fsp3) is 0.456. The summed E-state index contributed by atoms with van der Waals surface area (Å²) in [5.74, 6) is -11.1. The van der Waals surface area contributed by atoms with E-state index in [1.54, 1.807) is 121 Å². The van der Waals surface area contributed by atoms with Crippen molar-refractivity contribution in [1.29, 1.82) is 0 Å². The monoisotopic (exact) mass is 2140 g/mol. The normalized spacial score (nSPS) is 21.0. The van der Waals surface area contributed by atoms with Crippen molar-refractivity contribution in [3.63, 3.8) is 0 Å². The maximum Gasteiger partial charge on any atom is 0.408 e. The van der Waals surface area contributed by atoms with Crippen LogP contribution in [0.4, 0.5) is 118 Å². The molecule has 4 saturated heterocycles. The van der Waals surface area contributed by atoms with Crippen LogP contribution in [0.15, 0.2) is 176 Å².